The van der Waals surface area contributed by atoms with Crippen LogP contribution in [0.4, 0.5) is 0 Å². The standard InChI is InChI=1S/C16H29NO3/c1-3-17(13-15(18)19-4-2)12-14-8-11-16(20-14)9-6-5-7-10-16/h14H,3-13H2,1-2H3. The predicted octanol–water partition coefficient (Wildman–Crippen LogP) is 2.75. The van der Waals surface area contributed by atoms with Crippen LogP contribution >= 0.6 is 0 Å². The first-order valence-corrected chi connectivity index (χ1v) is 8.23. The van der Waals surface area contributed by atoms with Gasteiger partial charge in [0.25, 0.3) is 0 Å². The van der Waals surface area contributed by atoms with E-state index in [1.54, 1.807) is 0 Å². The van der Waals surface area contributed by atoms with Crippen LogP contribution in [0.5, 0.6) is 0 Å². The fraction of sp³-hybridized carbons (Fsp3) is 0.938. The van der Waals surface area contributed by atoms with E-state index in [-0.39, 0.29) is 11.6 Å². The van der Waals surface area contributed by atoms with Gasteiger partial charge in [0, 0.05) is 6.54 Å². The Labute approximate surface area is 122 Å². The lowest BCUT2D eigenvalue weighted by atomic mass is 9.83. The van der Waals surface area contributed by atoms with E-state index in [2.05, 4.69) is 11.8 Å². The quantitative estimate of drug-likeness (QED) is 0.703. The van der Waals surface area contributed by atoms with Crippen molar-refractivity contribution in [2.45, 2.75) is 70.5 Å². The van der Waals surface area contributed by atoms with E-state index in [0.717, 1.165) is 19.5 Å². The van der Waals surface area contributed by atoms with Crippen LogP contribution in [0.2, 0.25) is 0 Å². The highest BCUT2D eigenvalue weighted by Gasteiger charge is 2.41. The molecule has 1 aliphatic carbocycles. The Kier molecular flexibility index (Phi) is 5.85. The molecule has 1 atom stereocenters. The first-order valence-electron chi connectivity index (χ1n) is 8.23. The molecule has 4 heteroatoms. The second-order valence-corrected chi connectivity index (χ2v) is 6.15. The van der Waals surface area contributed by atoms with Gasteiger partial charge in [0.2, 0.25) is 0 Å². The molecule has 0 aromatic rings. The monoisotopic (exact) mass is 283 g/mol. The molecule has 1 saturated heterocycles. The molecule has 0 radical (unpaired) electrons. The van der Waals surface area contributed by atoms with Gasteiger partial charge in [-0.05, 0) is 39.2 Å². The summed E-state index contributed by atoms with van der Waals surface area (Å²) in [6, 6.07) is 0. The normalized spacial score (nSPS) is 25.2. The Morgan fingerprint density at radius 1 is 1.25 bits per heavy atom. The molecule has 116 valence electrons. The van der Waals surface area contributed by atoms with Crippen molar-refractivity contribution >= 4 is 5.97 Å². The highest BCUT2D eigenvalue weighted by Crippen LogP contribution is 2.41. The van der Waals surface area contributed by atoms with Gasteiger partial charge in [-0.2, -0.15) is 0 Å². The van der Waals surface area contributed by atoms with Gasteiger partial charge in [-0.15, -0.1) is 0 Å². The zero-order chi connectivity index (χ0) is 14.4. The summed E-state index contributed by atoms with van der Waals surface area (Å²) < 4.78 is 11.4. The number of carbonyl (C=O) groups excluding carboxylic acids is 1. The number of hydrogen-bond donors (Lipinski definition) is 0. The molecule has 0 bridgehead atoms. The number of carbonyl (C=O) groups is 1. The lowest BCUT2D eigenvalue weighted by Crippen LogP contribution is -2.39. The van der Waals surface area contributed by atoms with Crippen molar-refractivity contribution in [2.24, 2.45) is 0 Å². The summed E-state index contributed by atoms with van der Waals surface area (Å²) in [6.45, 7) is 6.50. The maximum absolute atomic E-state index is 11.6. The highest BCUT2D eigenvalue weighted by atomic mass is 16.5. The lowest BCUT2D eigenvalue weighted by Gasteiger charge is -2.34. The highest BCUT2D eigenvalue weighted by molar-refractivity contribution is 5.71. The van der Waals surface area contributed by atoms with Crippen LogP contribution in [-0.2, 0) is 14.3 Å². The molecule has 0 aromatic carbocycles. The Bertz CT molecular complexity index is 313. The molecule has 1 spiro atoms. The van der Waals surface area contributed by atoms with Gasteiger partial charge in [0.05, 0.1) is 24.9 Å². The van der Waals surface area contributed by atoms with Gasteiger partial charge in [-0.3, -0.25) is 9.69 Å². The van der Waals surface area contributed by atoms with Crippen molar-refractivity contribution in [3.8, 4) is 0 Å². The van der Waals surface area contributed by atoms with E-state index < -0.39 is 0 Å². The van der Waals surface area contributed by atoms with E-state index in [9.17, 15) is 4.79 Å². The van der Waals surface area contributed by atoms with Gasteiger partial charge in [0.1, 0.15) is 0 Å². The first kappa shape index (κ1) is 15.8. The van der Waals surface area contributed by atoms with Gasteiger partial charge in [-0.1, -0.05) is 26.2 Å². The Balaban J connectivity index is 1.78. The number of nitrogens with zero attached hydrogens (tertiary/aromatic N) is 1. The van der Waals surface area contributed by atoms with Crippen molar-refractivity contribution in [1.29, 1.82) is 0 Å². The van der Waals surface area contributed by atoms with Gasteiger partial charge < -0.3 is 9.47 Å². The molecule has 2 rings (SSSR count). The third-order valence-electron chi connectivity index (χ3n) is 4.67. The molecule has 2 aliphatic rings. The van der Waals surface area contributed by atoms with Gasteiger partial charge in [0.15, 0.2) is 0 Å². The van der Waals surface area contributed by atoms with Crippen molar-refractivity contribution in [1.82, 2.24) is 4.90 Å². The van der Waals surface area contributed by atoms with E-state index in [1.807, 2.05) is 6.92 Å². The molecule has 1 unspecified atom stereocenters. The van der Waals surface area contributed by atoms with Crippen molar-refractivity contribution in [3.05, 3.63) is 0 Å². The SMILES string of the molecule is CCOC(=O)CN(CC)CC1CCC2(CCCCC2)O1. The fourth-order valence-corrected chi connectivity index (χ4v) is 3.57. The van der Waals surface area contributed by atoms with Crippen LogP contribution in [0, 0.1) is 0 Å². The van der Waals surface area contributed by atoms with Crippen LogP contribution in [0.15, 0.2) is 0 Å². The Hall–Kier alpha value is -0.610. The number of likely N-dealkylation sites (N-methyl/N-ethyl adjacent to an activating group) is 1. The summed E-state index contributed by atoms with van der Waals surface area (Å²) in [4.78, 5) is 13.7. The maximum atomic E-state index is 11.6. The largest absolute Gasteiger partial charge is 0.465 e. The van der Waals surface area contributed by atoms with E-state index in [4.69, 9.17) is 9.47 Å². The van der Waals surface area contributed by atoms with Gasteiger partial charge >= 0.3 is 5.97 Å². The Morgan fingerprint density at radius 2 is 2.00 bits per heavy atom. The summed E-state index contributed by atoms with van der Waals surface area (Å²) in [5.74, 6) is -0.125. The van der Waals surface area contributed by atoms with E-state index in [1.165, 1.54) is 38.5 Å². The topological polar surface area (TPSA) is 38.8 Å². The predicted molar refractivity (Wildman–Crippen MR) is 78.7 cm³/mol. The summed E-state index contributed by atoms with van der Waals surface area (Å²) in [5, 5.41) is 0. The molecule has 1 saturated carbocycles. The number of hydrogen-bond acceptors (Lipinski definition) is 4. The molecule has 1 heterocycles. The van der Waals surface area contributed by atoms with Crippen LogP contribution in [0.3, 0.4) is 0 Å². The molecular formula is C16H29NO3. The minimum absolute atomic E-state index is 0.125. The van der Waals surface area contributed by atoms with E-state index in [0.29, 0.717) is 19.3 Å². The van der Waals surface area contributed by atoms with Crippen LogP contribution < -0.4 is 0 Å². The second-order valence-electron chi connectivity index (χ2n) is 6.15. The zero-order valence-corrected chi connectivity index (χ0v) is 13.0. The summed E-state index contributed by atoms with van der Waals surface area (Å²) in [7, 11) is 0. The molecule has 4 nitrogen and oxygen atoms in total. The van der Waals surface area contributed by atoms with Crippen LogP contribution in [-0.4, -0.2) is 48.8 Å². The van der Waals surface area contributed by atoms with Crippen LogP contribution in [0.1, 0.15) is 58.8 Å². The summed E-state index contributed by atoms with van der Waals surface area (Å²) in [6.07, 6.45) is 9.08. The number of rotatable bonds is 6. The minimum Gasteiger partial charge on any atom is -0.465 e. The zero-order valence-electron chi connectivity index (χ0n) is 13.0. The molecule has 1 aliphatic heterocycles. The van der Waals surface area contributed by atoms with Crippen molar-refractivity contribution in [3.63, 3.8) is 0 Å². The van der Waals surface area contributed by atoms with Crippen molar-refractivity contribution < 1.29 is 14.3 Å². The fourth-order valence-electron chi connectivity index (χ4n) is 3.57. The summed E-state index contributed by atoms with van der Waals surface area (Å²) in [5.41, 5.74) is 0.173. The molecule has 2 fully saturated rings. The van der Waals surface area contributed by atoms with E-state index >= 15 is 0 Å². The summed E-state index contributed by atoms with van der Waals surface area (Å²) >= 11 is 0. The third kappa shape index (κ3) is 4.19. The van der Waals surface area contributed by atoms with Gasteiger partial charge in [-0.25, -0.2) is 0 Å². The third-order valence-corrected chi connectivity index (χ3v) is 4.67. The average molecular weight is 283 g/mol. The smallest absolute Gasteiger partial charge is 0.320 e. The molecule has 20 heavy (non-hydrogen) atoms. The maximum Gasteiger partial charge on any atom is 0.320 e. The molecule has 0 amide bonds. The number of ether oxygens (including phenoxy) is 2. The minimum atomic E-state index is -0.125. The van der Waals surface area contributed by atoms with Crippen molar-refractivity contribution in [2.75, 3.05) is 26.2 Å². The van der Waals surface area contributed by atoms with Crippen LogP contribution in [0.25, 0.3) is 0 Å². The first-order chi connectivity index (χ1) is 9.67. The second kappa shape index (κ2) is 7.41. The molecular weight excluding hydrogens is 254 g/mol. The lowest BCUT2D eigenvalue weighted by molar-refractivity contribution is -0.145. The molecule has 0 aromatic heterocycles. The average Bonchev–Trinajstić information content (AvgIpc) is 2.81. The molecule has 0 N–H and O–H groups in total. The number of esters is 1. The Morgan fingerprint density at radius 3 is 2.65 bits per heavy atom.